The van der Waals surface area contributed by atoms with Gasteiger partial charge in [-0.25, -0.2) is 0 Å². The van der Waals surface area contributed by atoms with E-state index in [9.17, 15) is 4.79 Å². The van der Waals surface area contributed by atoms with Crippen molar-refractivity contribution in [1.82, 2.24) is 0 Å². The zero-order valence-electron chi connectivity index (χ0n) is 29.8. The van der Waals surface area contributed by atoms with E-state index in [2.05, 4.69) is 88.4 Å². The molecular weight excluding hydrogens is 533 g/mol. The van der Waals surface area contributed by atoms with Crippen LogP contribution >= 0.6 is 0 Å². The zero-order chi connectivity index (χ0) is 31.3. The normalized spacial score (nSPS) is 46.8. The van der Waals surface area contributed by atoms with Gasteiger partial charge in [-0.3, -0.25) is 4.79 Å². The number of carbonyl (C=O) groups excluding carboxylic acids is 1. The third-order valence-corrected chi connectivity index (χ3v) is 20.4. The van der Waals surface area contributed by atoms with Gasteiger partial charge in [0.25, 0.3) is 0 Å². The van der Waals surface area contributed by atoms with Crippen LogP contribution in [0.5, 0.6) is 0 Å². The molecule has 0 unspecified atom stereocenters. The number of rotatable bonds is 4. The molecule has 0 aliphatic heterocycles. The Morgan fingerprint density at radius 3 is 2.21 bits per heavy atom. The smallest absolute Gasteiger partial charge is 0.302 e. The van der Waals surface area contributed by atoms with Crippen molar-refractivity contribution >= 4 is 14.3 Å². The fraction of sp³-hybridized carbons (Fsp3) is 0.921. The molecule has 0 N–H and O–H groups in total. The summed E-state index contributed by atoms with van der Waals surface area (Å²) in [6.07, 6.45) is 14.4. The standard InChI is InChI=1S/C38H66O3Si/c1-25-16-21-38(24-40-27(3)39)23-22-36(10)28(32(38)26(25)2)14-15-30-35(9)19-18-31(41-42(12,13)33(4,5)6)34(7,8)29(35)17-20-37(30,36)11/h14,25-26,29-32H,15-24H2,1-13H3/t25-,26+,29+,30-,31+,32+,35+,36-,37-,38-/m1/s1. The number of carbonyl (C=O) groups is 1. The van der Waals surface area contributed by atoms with E-state index in [0.717, 1.165) is 5.92 Å². The molecule has 4 saturated carbocycles. The Bertz CT molecular complexity index is 1100. The van der Waals surface area contributed by atoms with Gasteiger partial charge in [-0.15, -0.1) is 0 Å². The fourth-order valence-corrected chi connectivity index (χ4v) is 13.3. The molecule has 4 heteroatoms. The predicted octanol–water partition coefficient (Wildman–Crippen LogP) is 10.6. The number of hydrogen-bond donors (Lipinski definition) is 0. The molecule has 0 saturated heterocycles. The van der Waals surface area contributed by atoms with Gasteiger partial charge < -0.3 is 9.16 Å². The minimum atomic E-state index is -1.84. The van der Waals surface area contributed by atoms with Gasteiger partial charge in [0.05, 0.1) is 12.7 Å². The van der Waals surface area contributed by atoms with Gasteiger partial charge in [0.1, 0.15) is 0 Å². The van der Waals surface area contributed by atoms with Crippen LogP contribution in [0.15, 0.2) is 11.6 Å². The number of fused-ring (bicyclic) bond motifs is 7. The SMILES string of the molecule is CC(=O)OC[C@]12CC[C@@H](C)[C@H](C)[C@H]1C1=CC[C@@H]3[C@@]4(C)CC[C@H](O[Si](C)(C)C(C)(C)C)C(C)(C)[C@@H]4CC[C@@]3(C)[C@]1(C)CC2. The summed E-state index contributed by atoms with van der Waals surface area (Å²) in [4.78, 5) is 12.0. The van der Waals surface area contributed by atoms with Gasteiger partial charge in [-0.2, -0.15) is 0 Å². The lowest BCUT2D eigenvalue weighted by atomic mass is 9.33. The lowest BCUT2D eigenvalue weighted by Crippen LogP contribution is -2.65. The van der Waals surface area contributed by atoms with Crippen LogP contribution < -0.4 is 0 Å². The quantitative estimate of drug-likeness (QED) is 0.183. The summed E-state index contributed by atoms with van der Waals surface area (Å²) in [5.74, 6) is 3.18. The highest BCUT2D eigenvalue weighted by molar-refractivity contribution is 6.74. The summed E-state index contributed by atoms with van der Waals surface area (Å²) < 4.78 is 13.1. The monoisotopic (exact) mass is 598 g/mol. The fourth-order valence-electron chi connectivity index (χ4n) is 11.9. The summed E-state index contributed by atoms with van der Waals surface area (Å²) in [5, 5.41) is 0.244. The molecule has 0 aromatic rings. The molecule has 42 heavy (non-hydrogen) atoms. The van der Waals surface area contributed by atoms with Crippen molar-refractivity contribution < 1.29 is 14.0 Å². The number of allylic oxidation sites excluding steroid dienone is 2. The van der Waals surface area contributed by atoms with Crippen molar-refractivity contribution in [3.63, 3.8) is 0 Å². The molecule has 5 aliphatic rings. The highest BCUT2D eigenvalue weighted by atomic mass is 28.4. The molecule has 5 rings (SSSR count). The first-order valence-electron chi connectivity index (χ1n) is 17.7. The third-order valence-electron chi connectivity index (χ3n) is 15.9. The van der Waals surface area contributed by atoms with Crippen LogP contribution in [0.4, 0.5) is 0 Å². The van der Waals surface area contributed by atoms with Crippen LogP contribution in [0.2, 0.25) is 18.1 Å². The molecule has 0 heterocycles. The molecular formula is C38H66O3Si. The molecule has 0 spiro atoms. The van der Waals surface area contributed by atoms with Gasteiger partial charge >= 0.3 is 5.97 Å². The molecule has 4 fully saturated rings. The van der Waals surface area contributed by atoms with E-state index in [1.165, 1.54) is 57.8 Å². The molecule has 0 aromatic carbocycles. The van der Waals surface area contributed by atoms with Crippen LogP contribution in [0.1, 0.15) is 134 Å². The van der Waals surface area contributed by atoms with Gasteiger partial charge in [-0.05, 0) is 127 Å². The Labute approximate surface area is 260 Å². The maximum absolute atomic E-state index is 12.0. The Hall–Kier alpha value is -0.613. The van der Waals surface area contributed by atoms with Gasteiger partial charge in [0.15, 0.2) is 8.32 Å². The molecule has 3 nitrogen and oxygen atoms in total. The molecule has 10 atom stereocenters. The summed E-state index contributed by atoms with van der Waals surface area (Å²) in [5.41, 5.74) is 2.93. The first kappa shape index (κ1) is 32.8. The van der Waals surface area contributed by atoms with Crippen LogP contribution in [-0.2, 0) is 14.0 Å². The van der Waals surface area contributed by atoms with Gasteiger partial charge in [0.2, 0.25) is 0 Å². The lowest BCUT2D eigenvalue weighted by Gasteiger charge is -2.72. The summed E-state index contributed by atoms with van der Waals surface area (Å²) >= 11 is 0. The summed E-state index contributed by atoms with van der Waals surface area (Å²) in [6, 6.07) is 0. The van der Waals surface area contributed by atoms with Crippen LogP contribution in [0, 0.1) is 56.7 Å². The molecule has 5 aliphatic carbocycles. The van der Waals surface area contributed by atoms with Gasteiger partial charge in [-0.1, -0.05) is 80.9 Å². The molecule has 0 aromatic heterocycles. The van der Waals surface area contributed by atoms with E-state index in [0.29, 0.717) is 47.2 Å². The van der Waals surface area contributed by atoms with Crippen LogP contribution in [-0.4, -0.2) is 27.0 Å². The second-order valence-corrected chi connectivity index (χ2v) is 23.8. The van der Waals surface area contributed by atoms with Crippen molar-refractivity contribution in [2.24, 2.45) is 56.7 Å². The van der Waals surface area contributed by atoms with Gasteiger partial charge in [0, 0.05) is 12.3 Å². The second kappa shape index (κ2) is 10.2. The van der Waals surface area contributed by atoms with Crippen molar-refractivity contribution in [3.05, 3.63) is 11.6 Å². The molecule has 240 valence electrons. The van der Waals surface area contributed by atoms with Crippen molar-refractivity contribution in [2.75, 3.05) is 6.61 Å². The number of esters is 1. The van der Waals surface area contributed by atoms with E-state index >= 15 is 0 Å². The van der Waals surface area contributed by atoms with E-state index in [-0.39, 0.29) is 27.3 Å². The lowest BCUT2D eigenvalue weighted by molar-refractivity contribution is -0.204. The van der Waals surface area contributed by atoms with E-state index < -0.39 is 8.32 Å². The van der Waals surface area contributed by atoms with E-state index in [1.807, 2.05) is 0 Å². The highest BCUT2D eigenvalue weighted by Gasteiger charge is 2.69. The topological polar surface area (TPSA) is 35.5 Å². The molecule has 0 bridgehead atoms. The predicted molar refractivity (Wildman–Crippen MR) is 178 cm³/mol. The third kappa shape index (κ3) is 4.60. The average molecular weight is 599 g/mol. The molecule has 0 radical (unpaired) electrons. The summed E-state index contributed by atoms with van der Waals surface area (Å²) in [6.45, 7) is 32.5. The zero-order valence-corrected chi connectivity index (χ0v) is 30.8. The number of ether oxygens (including phenoxy) is 1. The Morgan fingerprint density at radius 2 is 1.60 bits per heavy atom. The Kier molecular flexibility index (Phi) is 7.96. The van der Waals surface area contributed by atoms with Crippen molar-refractivity contribution in [2.45, 2.75) is 158 Å². The Morgan fingerprint density at radius 1 is 0.929 bits per heavy atom. The Balaban J connectivity index is 1.50. The first-order chi connectivity index (χ1) is 19.2. The average Bonchev–Trinajstić information content (AvgIpc) is 2.87. The van der Waals surface area contributed by atoms with Crippen molar-refractivity contribution in [3.8, 4) is 0 Å². The van der Waals surface area contributed by atoms with E-state index in [4.69, 9.17) is 9.16 Å². The summed E-state index contributed by atoms with van der Waals surface area (Å²) in [7, 11) is -1.84. The highest BCUT2D eigenvalue weighted by Crippen LogP contribution is 2.76. The van der Waals surface area contributed by atoms with Crippen LogP contribution in [0.3, 0.4) is 0 Å². The second-order valence-electron chi connectivity index (χ2n) is 19.0. The minimum Gasteiger partial charge on any atom is -0.465 e. The van der Waals surface area contributed by atoms with Crippen LogP contribution in [0.25, 0.3) is 0 Å². The van der Waals surface area contributed by atoms with Crippen molar-refractivity contribution in [1.29, 1.82) is 0 Å². The maximum Gasteiger partial charge on any atom is 0.302 e. The maximum atomic E-state index is 12.0. The minimum absolute atomic E-state index is 0.116. The first-order valence-corrected chi connectivity index (χ1v) is 20.6. The largest absolute Gasteiger partial charge is 0.465 e. The van der Waals surface area contributed by atoms with E-state index in [1.54, 1.807) is 12.5 Å². The number of hydrogen-bond acceptors (Lipinski definition) is 3. The molecule has 0 amide bonds.